The summed E-state index contributed by atoms with van der Waals surface area (Å²) < 4.78 is 24.1. The van der Waals surface area contributed by atoms with Crippen molar-refractivity contribution >= 4 is 21.6 Å². The molecule has 1 aromatic carbocycles. The van der Waals surface area contributed by atoms with Gasteiger partial charge in [-0.05, 0) is 30.0 Å². The van der Waals surface area contributed by atoms with Crippen LogP contribution < -0.4 is 15.2 Å². The Hall–Kier alpha value is -1.78. The number of hydrogen-bond acceptors (Lipinski definition) is 4. The van der Waals surface area contributed by atoms with Crippen LogP contribution in [-0.4, -0.2) is 15.0 Å². The number of nitrogens with zero attached hydrogens (tertiary/aromatic N) is 1. The van der Waals surface area contributed by atoms with Gasteiger partial charge in [0.2, 0.25) is 0 Å². The normalized spacial score (nSPS) is 11.7. The molecule has 0 aliphatic rings. The van der Waals surface area contributed by atoms with Gasteiger partial charge in [0.1, 0.15) is 0 Å². The van der Waals surface area contributed by atoms with E-state index in [4.69, 9.17) is 10.4 Å². The third-order valence-corrected chi connectivity index (χ3v) is 3.33. The Morgan fingerprint density at radius 2 is 2.00 bits per heavy atom. The Labute approximate surface area is 120 Å². The van der Waals surface area contributed by atoms with Crippen LogP contribution >= 0.6 is 0 Å². The number of rotatable bonds is 7. The molecular formula is C13H20N4O2S. The fraction of sp³-hybridized carbons (Fsp3) is 0.462. The molecule has 1 rings (SSSR count). The minimum atomic E-state index is -3.76. The van der Waals surface area contributed by atoms with Crippen LogP contribution in [0.5, 0.6) is 0 Å². The quantitative estimate of drug-likeness (QED) is 0.715. The summed E-state index contributed by atoms with van der Waals surface area (Å²) in [6.07, 6.45) is 1.31. The molecule has 0 fully saturated rings. The zero-order valence-corrected chi connectivity index (χ0v) is 12.5. The van der Waals surface area contributed by atoms with Crippen LogP contribution in [-0.2, 0) is 10.2 Å². The zero-order chi connectivity index (χ0) is 15.2. The van der Waals surface area contributed by atoms with E-state index in [1.165, 1.54) is 0 Å². The molecule has 0 radical (unpaired) electrons. The molecule has 0 aliphatic carbocycles. The molecule has 0 atom stereocenters. The van der Waals surface area contributed by atoms with E-state index in [1.807, 2.05) is 6.07 Å². The lowest BCUT2D eigenvalue weighted by Gasteiger charge is -2.24. The first-order chi connectivity index (χ1) is 9.22. The lowest BCUT2D eigenvalue weighted by molar-refractivity contribution is 0.364. The van der Waals surface area contributed by atoms with Gasteiger partial charge in [0.05, 0.1) is 11.8 Å². The topological polar surface area (TPSA) is 108 Å². The summed E-state index contributed by atoms with van der Waals surface area (Å²) in [4.78, 5) is 0. The summed E-state index contributed by atoms with van der Waals surface area (Å²) in [7, 11) is -3.76. The predicted molar refractivity (Wildman–Crippen MR) is 80.3 cm³/mol. The maximum absolute atomic E-state index is 11.0. The van der Waals surface area contributed by atoms with Crippen molar-refractivity contribution in [3.05, 3.63) is 24.3 Å². The Bertz CT molecular complexity index is 591. The maximum atomic E-state index is 11.0. The van der Waals surface area contributed by atoms with E-state index < -0.39 is 10.2 Å². The third-order valence-electron chi connectivity index (χ3n) is 2.81. The second-order valence-corrected chi connectivity index (χ2v) is 6.70. The molecule has 0 spiro atoms. The van der Waals surface area contributed by atoms with Crippen LogP contribution in [0.1, 0.15) is 26.7 Å². The number of nitriles is 1. The average molecular weight is 296 g/mol. The van der Waals surface area contributed by atoms with Crippen LogP contribution in [0.3, 0.4) is 0 Å². The van der Waals surface area contributed by atoms with Gasteiger partial charge < -0.3 is 5.32 Å². The molecule has 6 nitrogen and oxygen atoms in total. The van der Waals surface area contributed by atoms with Crippen LogP contribution in [0, 0.1) is 16.7 Å². The van der Waals surface area contributed by atoms with Crippen molar-refractivity contribution in [3.63, 3.8) is 0 Å². The highest BCUT2D eigenvalue weighted by molar-refractivity contribution is 7.90. The van der Waals surface area contributed by atoms with Crippen molar-refractivity contribution < 1.29 is 8.42 Å². The standard InChI is InChI=1S/C13H20N4O2S/c1-13(2,7-4-8-14)10-16-11-5-3-6-12(9-11)17-20(15,18)19/h3,5-6,9,16-17H,4,7,10H2,1-2H3,(H2,15,18,19). The van der Waals surface area contributed by atoms with E-state index in [-0.39, 0.29) is 5.41 Å². The highest BCUT2D eigenvalue weighted by Crippen LogP contribution is 2.23. The summed E-state index contributed by atoms with van der Waals surface area (Å²) in [5.41, 5.74) is 1.19. The fourth-order valence-corrected chi connectivity index (χ4v) is 2.14. The van der Waals surface area contributed by atoms with Crippen LogP contribution in [0.25, 0.3) is 0 Å². The Balaban J connectivity index is 2.65. The first kappa shape index (κ1) is 16.3. The summed E-state index contributed by atoms with van der Waals surface area (Å²) in [6, 6.07) is 9.01. The molecule has 0 aromatic heterocycles. The van der Waals surface area contributed by atoms with Gasteiger partial charge in [-0.3, -0.25) is 4.72 Å². The number of nitrogens with one attached hydrogen (secondary N) is 2. The first-order valence-corrected chi connectivity index (χ1v) is 7.78. The van der Waals surface area contributed by atoms with Crippen molar-refractivity contribution in [3.8, 4) is 6.07 Å². The molecule has 0 heterocycles. The van der Waals surface area contributed by atoms with E-state index in [0.717, 1.165) is 12.1 Å². The molecule has 0 saturated carbocycles. The highest BCUT2D eigenvalue weighted by Gasteiger charge is 2.17. The highest BCUT2D eigenvalue weighted by atomic mass is 32.2. The molecular weight excluding hydrogens is 276 g/mol. The predicted octanol–water partition coefficient (Wildman–Crippen LogP) is 2.04. The van der Waals surface area contributed by atoms with Crippen molar-refractivity contribution in [1.82, 2.24) is 0 Å². The van der Waals surface area contributed by atoms with Crippen LogP contribution in [0.4, 0.5) is 11.4 Å². The maximum Gasteiger partial charge on any atom is 0.296 e. The third kappa shape index (κ3) is 6.41. The van der Waals surface area contributed by atoms with Gasteiger partial charge in [-0.2, -0.15) is 13.7 Å². The van der Waals surface area contributed by atoms with Crippen molar-refractivity contribution in [2.24, 2.45) is 10.6 Å². The van der Waals surface area contributed by atoms with Gasteiger partial charge >= 0.3 is 0 Å². The van der Waals surface area contributed by atoms with Crippen molar-refractivity contribution in [1.29, 1.82) is 5.26 Å². The van der Waals surface area contributed by atoms with E-state index >= 15 is 0 Å². The Kier molecular flexibility index (Phi) is 5.36. The minimum absolute atomic E-state index is 0.0148. The van der Waals surface area contributed by atoms with Gasteiger partial charge in [-0.15, -0.1) is 0 Å². The van der Waals surface area contributed by atoms with Crippen LogP contribution in [0.15, 0.2) is 24.3 Å². The minimum Gasteiger partial charge on any atom is -0.384 e. The summed E-state index contributed by atoms with van der Waals surface area (Å²) in [5, 5.41) is 16.8. The number of nitrogens with two attached hydrogens (primary N) is 1. The second-order valence-electron chi connectivity index (χ2n) is 5.40. The second kappa shape index (κ2) is 6.59. The Morgan fingerprint density at radius 3 is 2.60 bits per heavy atom. The van der Waals surface area contributed by atoms with E-state index in [0.29, 0.717) is 18.7 Å². The molecule has 0 saturated heterocycles. The van der Waals surface area contributed by atoms with Gasteiger partial charge in [-0.1, -0.05) is 19.9 Å². The molecule has 0 unspecified atom stereocenters. The van der Waals surface area contributed by atoms with Gasteiger partial charge in [0.15, 0.2) is 0 Å². The fourth-order valence-electron chi connectivity index (χ4n) is 1.68. The van der Waals surface area contributed by atoms with E-state index in [1.54, 1.807) is 18.2 Å². The largest absolute Gasteiger partial charge is 0.384 e. The number of anilines is 2. The molecule has 1 aromatic rings. The molecule has 7 heteroatoms. The molecule has 4 N–H and O–H groups in total. The van der Waals surface area contributed by atoms with Gasteiger partial charge in [0.25, 0.3) is 10.2 Å². The average Bonchev–Trinajstić information content (AvgIpc) is 2.33. The lowest BCUT2D eigenvalue weighted by atomic mass is 9.88. The lowest BCUT2D eigenvalue weighted by Crippen LogP contribution is -2.23. The van der Waals surface area contributed by atoms with E-state index in [9.17, 15) is 8.42 Å². The number of benzene rings is 1. The molecule has 20 heavy (non-hydrogen) atoms. The first-order valence-electron chi connectivity index (χ1n) is 6.23. The molecule has 0 amide bonds. The van der Waals surface area contributed by atoms with Gasteiger partial charge in [-0.25, -0.2) is 5.14 Å². The van der Waals surface area contributed by atoms with Crippen molar-refractivity contribution in [2.75, 3.05) is 16.6 Å². The van der Waals surface area contributed by atoms with Crippen molar-refractivity contribution in [2.45, 2.75) is 26.7 Å². The monoisotopic (exact) mass is 296 g/mol. The van der Waals surface area contributed by atoms with E-state index in [2.05, 4.69) is 30.0 Å². The summed E-state index contributed by atoms with van der Waals surface area (Å²) in [5.74, 6) is 0. The molecule has 0 bridgehead atoms. The molecule has 0 aliphatic heterocycles. The molecule has 110 valence electrons. The smallest absolute Gasteiger partial charge is 0.296 e. The summed E-state index contributed by atoms with van der Waals surface area (Å²) in [6.45, 7) is 4.83. The number of hydrogen-bond donors (Lipinski definition) is 3. The SMILES string of the molecule is CC(C)(CCC#N)CNc1cccc(NS(N)(=O)=O)c1. The Morgan fingerprint density at radius 1 is 1.35 bits per heavy atom. The van der Waals surface area contributed by atoms with Crippen LogP contribution in [0.2, 0.25) is 0 Å². The van der Waals surface area contributed by atoms with Gasteiger partial charge in [0, 0.05) is 18.7 Å². The zero-order valence-electron chi connectivity index (χ0n) is 11.7. The summed E-state index contributed by atoms with van der Waals surface area (Å²) >= 11 is 0.